The maximum Gasteiger partial charge on any atom is 0.271 e. The molecule has 96 valence electrons. The van der Waals surface area contributed by atoms with Crippen molar-refractivity contribution in [3.05, 3.63) is 52.4 Å². The Kier molecular flexibility index (Phi) is 2.94. The first-order chi connectivity index (χ1) is 9.13. The van der Waals surface area contributed by atoms with Gasteiger partial charge in [-0.25, -0.2) is 9.37 Å². The summed E-state index contributed by atoms with van der Waals surface area (Å²) in [5, 5.41) is 2.67. The Bertz CT molecular complexity index is 646. The Balaban J connectivity index is 1.95. The van der Waals surface area contributed by atoms with Gasteiger partial charge in [-0.15, -0.1) is 0 Å². The number of carbonyl (C=O) groups is 1. The lowest BCUT2D eigenvalue weighted by atomic mass is 10.1. The van der Waals surface area contributed by atoms with Gasteiger partial charge >= 0.3 is 0 Å². The van der Waals surface area contributed by atoms with Crippen LogP contribution in [-0.4, -0.2) is 10.9 Å². The average molecular weight is 323 g/mol. The molecule has 1 atom stereocenters. The molecule has 1 amide bonds. The van der Waals surface area contributed by atoms with Gasteiger partial charge < -0.3 is 10.1 Å². The van der Waals surface area contributed by atoms with E-state index in [9.17, 15) is 9.18 Å². The largest absolute Gasteiger partial charge is 0.472 e. The average Bonchev–Trinajstić information content (AvgIpc) is 2.39. The van der Waals surface area contributed by atoms with Crippen molar-refractivity contribution in [1.82, 2.24) is 4.98 Å². The summed E-state index contributed by atoms with van der Waals surface area (Å²) in [6.45, 7) is 0. The molecule has 1 aromatic heterocycles. The Hall–Kier alpha value is -1.95. The number of benzene rings is 1. The summed E-state index contributed by atoms with van der Waals surface area (Å²) in [6.07, 6.45) is -0.795. The van der Waals surface area contributed by atoms with Crippen LogP contribution in [0.2, 0.25) is 0 Å². The number of rotatable bonds is 1. The standard InChI is InChI=1S/C13H8BrFN2O2/c14-10-6-5-9-12(16-10)17-13(18)11(19-9)7-1-3-8(15)4-2-7/h1-6,11H,(H,16,17,18). The van der Waals surface area contributed by atoms with E-state index < -0.39 is 6.10 Å². The number of anilines is 1. The van der Waals surface area contributed by atoms with Crippen LogP contribution in [0.15, 0.2) is 41.0 Å². The van der Waals surface area contributed by atoms with Gasteiger partial charge in [-0.3, -0.25) is 4.79 Å². The molecule has 1 unspecified atom stereocenters. The molecule has 0 saturated carbocycles. The van der Waals surface area contributed by atoms with Crippen LogP contribution in [0.1, 0.15) is 11.7 Å². The second kappa shape index (κ2) is 4.62. The molecule has 1 N–H and O–H groups in total. The van der Waals surface area contributed by atoms with E-state index in [1.54, 1.807) is 12.1 Å². The summed E-state index contributed by atoms with van der Waals surface area (Å²) in [5.41, 5.74) is 0.590. The summed E-state index contributed by atoms with van der Waals surface area (Å²) in [6, 6.07) is 9.07. The number of carbonyl (C=O) groups excluding carboxylic acids is 1. The molecule has 1 aliphatic heterocycles. The van der Waals surface area contributed by atoms with Crippen molar-refractivity contribution in [2.24, 2.45) is 0 Å². The van der Waals surface area contributed by atoms with E-state index >= 15 is 0 Å². The topological polar surface area (TPSA) is 51.2 Å². The van der Waals surface area contributed by atoms with Gasteiger partial charge in [-0.2, -0.15) is 0 Å². The van der Waals surface area contributed by atoms with Crippen LogP contribution >= 0.6 is 15.9 Å². The molecule has 1 aliphatic rings. The molecule has 3 rings (SSSR count). The minimum Gasteiger partial charge on any atom is -0.472 e. The number of aromatic nitrogens is 1. The van der Waals surface area contributed by atoms with Crippen LogP contribution in [0.4, 0.5) is 10.2 Å². The molecule has 1 aromatic carbocycles. The summed E-state index contributed by atoms with van der Waals surface area (Å²) in [5.74, 6) is 0.172. The molecular weight excluding hydrogens is 315 g/mol. The summed E-state index contributed by atoms with van der Waals surface area (Å²) in [4.78, 5) is 16.1. The molecule has 0 radical (unpaired) electrons. The van der Waals surface area contributed by atoms with E-state index in [1.165, 1.54) is 24.3 Å². The zero-order valence-electron chi connectivity index (χ0n) is 9.56. The van der Waals surface area contributed by atoms with Crippen molar-refractivity contribution in [3.8, 4) is 5.75 Å². The second-order valence-electron chi connectivity index (χ2n) is 4.02. The number of nitrogens with one attached hydrogen (secondary N) is 1. The maximum atomic E-state index is 12.9. The Labute approximate surface area is 116 Å². The minimum absolute atomic E-state index is 0.329. The third-order valence-corrected chi connectivity index (χ3v) is 3.16. The monoisotopic (exact) mass is 322 g/mol. The van der Waals surface area contributed by atoms with Crippen LogP contribution in [0.25, 0.3) is 0 Å². The first kappa shape index (κ1) is 12.1. The van der Waals surface area contributed by atoms with E-state index in [-0.39, 0.29) is 11.7 Å². The van der Waals surface area contributed by atoms with E-state index in [4.69, 9.17) is 4.74 Å². The molecule has 2 aromatic rings. The SMILES string of the molecule is O=C1Nc2nc(Br)ccc2OC1c1ccc(F)cc1. The van der Waals surface area contributed by atoms with Crippen molar-refractivity contribution in [1.29, 1.82) is 0 Å². The normalized spacial score (nSPS) is 17.4. The third kappa shape index (κ3) is 2.31. The van der Waals surface area contributed by atoms with Gasteiger partial charge in [0.15, 0.2) is 11.6 Å². The first-order valence-electron chi connectivity index (χ1n) is 5.53. The molecule has 0 spiro atoms. The molecular formula is C13H8BrFN2O2. The highest BCUT2D eigenvalue weighted by atomic mass is 79.9. The fourth-order valence-electron chi connectivity index (χ4n) is 1.83. The van der Waals surface area contributed by atoms with Crippen LogP contribution in [0.5, 0.6) is 5.75 Å². The van der Waals surface area contributed by atoms with E-state index in [0.717, 1.165) is 0 Å². The van der Waals surface area contributed by atoms with Gasteiger partial charge in [0.2, 0.25) is 6.10 Å². The van der Waals surface area contributed by atoms with Crippen molar-refractivity contribution < 1.29 is 13.9 Å². The number of hydrogen-bond acceptors (Lipinski definition) is 3. The van der Waals surface area contributed by atoms with E-state index in [2.05, 4.69) is 26.2 Å². The number of pyridine rings is 1. The lowest BCUT2D eigenvalue weighted by Crippen LogP contribution is -2.30. The quantitative estimate of drug-likeness (QED) is 0.821. The van der Waals surface area contributed by atoms with E-state index in [0.29, 0.717) is 21.7 Å². The molecule has 4 nitrogen and oxygen atoms in total. The Morgan fingerprint density at radius 2 is 1.95 bits per heavy atom. The zero-order chi connectivity index (χ0) is 13.4. The molecule has 6 heteroatoms. The fraction of sp³-hybridized carbons (Fsp3) is 0.0769. The van der Waals surface area contributed by atoms with Crippen molar-refractivity contribution in [2.75, 3.05) is 5.32 Å². The number of nitrogens with zero attached hydrogens (tertiary/aromatic N) is 1. The fourth-order valence-corrected chi connectivity index (χ4v) is 2.14. The number of hydrogen-bond donors (Lipinski definition) is 1. The first-order valence-corrected chi connectivity index (χ1v) is 6.32. The molecule has 0 fully saturated rings. The highest BCUT2D eigenvalue weighted by Crippen LogP contribution is 2.34. The van der Waals surface area contributed by atoms with Crippen LogP contribution < -0.4 is 10.1 Å². The number of halogens is 2. The van der Waals surface area contributed by atoms with Gasteiger partial charge in [0.25, 0.3) is 5.91 Å². The van der Waals surface area contributed by atoms with Crippen molar-refractivity contribution >= 4 is 27.7 Å². The summed E-state index contributed by atoms with van der Waals surface area (Å²) >= 11 is 3.22. The number of amides is 1. The van der Waals surface area contributed by atoms with Gasteiger partial charge in [0.1, 0.15) is 10.4 Å². The molecule has 0 saturated heterocycles. The predicted octanol–water partition coefficient (Wildman–Crippen LogP) is 3.06. The Morgan fingerprint density at radius 1 is 1.21 bits per heavy atom. The third-order valence-electron chi connectivity index (χ3n) is 2.72. The maximum absolute atomic E-state index is 12.9. The molecule has 2 heterocycles. The highest BCUT2D eigenvalue weighted by Gasteiger charge is 2.29. The van der Waals surface area contributed by atoms with Crippen LogP contribution in [0, 0.1) is 5.82 Å². The summed E-state index contributed by atoms with van der Waals surface area (Å²) < 4.78 is 19.1. The molecule has 0 bridgehead atoms. The van der Waals surface area contributed by atoms with Gasteiger partial charge in [-0.1, -0.05) is 12.1 Å². The summed E-state index contributed by atoms with van der Waals surface area (Å²) in [7, 11) is 0. The van der Waals surface area contributed by atoms with E-state index in [1.807, 2.05) is 0 Å². The second-order valence-corrected chi connectivity index (χ2v) is 4.83. The van der Waals surface area contributed by atoms with Gasteiger partial charge in [-0.05, 0) is 40.2 Å². The zero-order valence-corrected chi connectivity index (χ0v) is 11.1. The van der Waals surface area contributed by atoms with Crippen LogP contribution in [-0.2, 0) is 4.79 Å². The highest BCUT2D eigenvalue weighted by molar-refractivity contribution is 9.10. The number of fused-ring (bicyclic) bond motifs is 1. The minimum atomic E-state index is -0.795. The Morgan fingerprint density at radius 3 is 2.68 bits per heavy atom. The lowest BCUT2D eigenvalue weighted by molar-refractivity contribution is -0.123. The van der Waals surface area contributed by atoms with Gasteiger partial charge in [0, 0.05) is 5.56 Å². The molecule has 0 aliphatic carbocycles. The number of ether oxygens (including phenoxy) is 1. The molecule has 19 heavy (non-hydrogen) atoms. The van der Waals surface area contributed by atoms with Crippen molar-refractivity contribution in [2.45, 2.75) is 6.10 Å². The smallest absolute Gasteiger partial charge is 0.271 e. The van der Waals surface area contributed by atoms with Crippen molar-refractivity contribution in [3.63, 3.8) is 0 Å². The lowest BCUT2D eigenvalue weighted by Gasteiger charge is -2.25. The van der Waals surface area contributed by atoms with Gasteiger partial charge in [0.05, 0.1) is 0 Å². The van der Waals surface area contributed by atoms with Crippen LogP contribution in [0.3, 0.4) is 0 Å². The predicted molar refractivity (Wildman–Crippen MR) is 70.3 cm³/mol.